The number of hydrogen-bond acceptors (Lipinski definition) is 10. The fourth-order valence-electron chi connectivity index (χ4n) is 4.17. The topological polar surface area (TPSA) is 173 Å². The summed E-state index contributed by atoms with van der Waals surface area (Å²) < 4.78 is 14.5. The number of rotatable bonds is 6. The van der Waals surface area contributed by atoms with Crippen LogP contribution in [0.5, 0.6) is 0 Å². The van der Waals surface area contributed by atoms with Crippen LogP contribution in [0, 0.1) is 10.1 Å². The van der Waals surface area contributed by atoms with Crippen molar-refractivity contribution < 1.29 is 29.6 Å². The second kappa shape index (κ2) is 7.16. The summed E-state index contributed by atoms with van der Waals surface area (Å²) in [6.45, 7) is -0.401. The number of aryl methyl sites for hydroxylation is 1. The first-order valence-corrected chi connectivity index (χ1v) is 9.18. The van der Waals surface area contributed by atoms with Gasteiger partial charge >= 0.3 is 5.69 Å². The predicted molar refractivity (Wildman–Crippen MR) is 97.1 cm³/mol. The second-order valence-corrected chi connectivity index (χ2v) is 7.63. The van der Waals surface area contributed by atoms with Gasteiger partial charge in [-0.3, -0.25) is 13.9 Å². The van der Waals surface area contributed by atoms with Crippen LogP contribution >= 0.6 is 0 Å². The number of aliphatic hydroxyl groups excluding tert-OH is 1. The van der Waals surface area contributed by atoms with Crippen LogP contribution in [0.2, 0.25) is 0 Å². The third kappa shape index (κ3) is 3.17. The zero-order valence-electron chi connectivity index (χ0n) is 16.2. The fourth-order valence-corrected chi connectivity index (χ4v) is 4.17. The van der Waals surface area contributed by atoms with E-state index in [4.69, 9.17) is 9.47 Å². The largest absolute Gasteiger partial charge is 0.391 e. The summed E-state index contributed by atoms with van der Waals surface area (Å²) in [4.78, 5) is 43.7. The average Bonchev–Trinajstić information content (AvgIpc) is 3.35. The second-order valence-electron chi connectivity index (χ2n) is 7.63. The zero-order valence-corrected chi connectivity index (χ0v) is 16.2. The maximum absolute atomic E-state index is 12.5. The Morgan fingerprint density at radius 3 is 2.83 bits per heavy atom. The molecule has 0 bridgehead atoms. The van der Waals surface area contributed by atoms with Gasteiger partial charge in [-0.15, -0.1) is 10.1 Å². The first-order chi connectivity index (χ1) is 14.1. The van der Waals surface area contributed by atoms with Crippen LogP contribution in [0.15, 0.2) is 15.9 Å². The van der Waals surface area contributed by atoms with Crippen LogP contribution in [0.3, 0.4) is 0 Å². The van der Waals surface area contributed by atoms with Crippen LogP contribution in [-0.2, 0) is 35.0 Å². The van der Waals surface area contributed by atoms with E-state index in [0.717, 1.165) is 4.57 Å². The lowest BCUT2D eigenvalue weighted by Crippen LogP contribution is -2.47. The van der Waals surface area contributed by atoms with Gasteiger partial charge in [0.05, 0.1) is 32.2 Å². The Kier molecular flexibility index (Phi) is 4.88. The third-order valence-corrected chi connectivity index (χ3v) is 5.60. The maximum atomic E-state index is 12.5. The molecule has 2 fully saturated rings. The van der Waals surface area contributed by atoms with E-state index >= 15 is 0 Å². The van der Waals surface area contributed by atoms with Crippen molar-refractivity contribution in [3.63, 3.8) is 0 Å². The van der Waals surface area contributed by atoms with E-state index in [1.54, 1.807) is 0 Å². The number of hydrogen-bond donors (Lipinski definition) is 2. The van der Waals surface area contributed by atoms with Gasteiger partial charge in [0.25, 0.3) is 10.6 Å². The van der Waals surface area contributed by atoms with Crippen LogP contribution < -0.4 is 11.2 Å². The molecule has 0 aliphatic carbocycles. The molecule has 2 aromatic heterocycles. The minimum absolute atomic E-state index is 0.0849. The Labute approximate surface area is 167 Å². The van der Waals surface area contributed by atoms with E-state index in [1.807, 2.05) is 0 Å². The van der Waals surface area contributed by atoms with Crippen LogP contribution in [0.4, 0.5) is 0 Å². The SMILES string of the molecule is Cn1c(=O)c2c(ncn2CC(O)C[C@]2(O)CO[C@@H]3[C@H](O[N+](=O)[O-])CO[C@@H]32)n(C)c1=O. The van der Waals surface area contributed by atoms with Crippen LogP contribution in [0.1, 0.15) is 6.42 Å². The molecule has 4 rings (SSSR count). The average molecular weight is 427 g/mol. The lowest BCUT2D eigenvalue weighted by Gasteiger charge is -2.29. The first kappa shape index (κ1) is 20.5. The number of aliphatic hydroxyl groups is 2. The Bertz CT molecular complexity index is 1110. The highest BCUT2D eigenvalue weighted by molar-refractivity contribution is 5.69. The normalized spacial score (nSPS) is 29.3. The summed E-state index contributed by atoms with van der Waals surface area (Å²) in [5.74, 6) is 0. The van der Waals surface area contributed by atoms with Crippen molar-refractivity contribution in [3.05, 3.63) is 37.3 Å². The number of aromatic nitrogens is 4. The van der Waals surface area contributed by atoms with Crippen molar-refractivity contribution >= 4 is 11.2 Å². The molecule has 2 aromatic rings. The van der Waals surface area contributed by atoms with Gasteiger partial charge in [0.15, 0.2) is 17.3 Å². The van der Waals surface area contributed by atoms with E-state index in [2.05, 4.69) is 9.82 Å². The van der Waals surface area contributed by atoms with Gasteiger partial charge < -0.3 is 29.1 Å². The number of imidazole rings is 1. The van der Waals surface area contributed by atoms with Crippen molar-refractivity contribution in [3.8, 4) is 0 Å². The van der Waals surface area contributed by atoms with Crippen molar-refractivity contribution in [2.24, 2.45) is 14.1 Å². The summed E-state index contributed by atoms with van der Waals surface area (Å²) in [6.07, 6.45) is -2.66. The third-order valence-electron chi connectivity index (χ3n) is 5.60. The lowest BCUT2D eigenvalue weighted by molar-refractivity contribution is -0.769. The molecule has 2 N–H and O–H groups in total. The molecule has 0 aromatic carbocycles. The molecule has 1 unspecified atom stereocenters. The van der Waals surface area contributed by atoms with Gasteiger partial charge in [-0.25, -0.2) is 9.78 Å². The molecule has 30 heavy (non-hydrogen) atoms. The molecule has 4 heterocycles. The maximum Gasteiger partial charge on any atom is 0.332 e. The molecule has 14 heteroatoms. The first-order valence-electron chi connectivity index (χ1n) is 9.18. The molecule has 164 valence electrons. The quantitative estimate of drug-likeness (QED) is 0.364. The monoisotopic (exact) mass is 427 g/mol. The minimum atomic E-state index is -1.59. The van der Waals surface area contributed by atoms with Gasteiger partial charge in [0, 0.05) is 20.5 Å². The summed E-state index contributed by atoms with van der Waals surface area (Å²) >= 11 is 0. The summed E-state index contributed by atoms with van der Waals surface area (Å²) in [5, 5.41) is 31.2. The Hall–Kier alpha value is -2.81. The molecular weight excluding hydrogens is 406 g/mol. The number of fused-ring (bicyclic) bond motifs is 2. The molecule has 0 radical (unpaired) electrons. The minimum Gasteiger partial charge on any atom is -0.391 e. The molecule has 0 saturated carbocycles. The summed E-state index contributed by atoms with van der Waals surface area (Å²) in [7, 11) is 2.83. The molecule has 5 atom stereocenters. The van der Waals surface area contributed by atoms with Gasteiger partial charge in [0.1, 0.15) is 17.8 Å². The van der Waals surface area contributed by atoms with E-state index < -0.39 is 46.4 Å². The van der Waals surface area contributed by atoms with E-state index in [0.29, 0.717) is 0 Å². The zero-order chi connectivity index (χ0) is 21.8. The fraction of sp³-hybridized carbons (Fsp3) is 0.688. The van der Waals surface area contributed by atoms with Crippen LogP contribution in [-0.4, -0.2) is 77.2 Å². The molecule has 14 nitrogen and oxygen atoms in total. The van der Waals surface area contributed by atoms with Gasteiger partial charge in [0.2, 0.25) is 0 Å². The Morgan fingerprint density at radius 2 is 2.13 bits per heavy atom. The highest BCUT2D eigenvalue weighted by Crippen LogP contribution is 2.38. The highest BCUT2D eigenvalue weighted by atomic mass is 17.0. The molecule has 2 aliphatic rings. The standard InChI is InChI=1S/C16H21N5O9/c1-18-13-10(14(23)19(2)15(18)24)20(7-17-13)4-8(22)3-16(25)6-29-11-9(30-21(26)27)5-28-12(11)16/h7-9,11-12,22,25H,3-6H2,1-2H3/t8?,9-,11-,12+,16+/m1/s1. The van der Waals surface area contributed by atoms with E-state index in [-0.39, 0.29) is 37.3 Å². The molecule has 0 amide bonds. The number of ether oxygens (including phenoxy) is 2. The van der Waals surface area contributed by atoms with E-state index in [1.165, 1.54) is 29.6 Å². The Balaban J connectivity index is 1.52. The van der Waals surface area contributed by atoms with Crippen molar-refractivity contribution in [2.45, 2.75) is 43.0 Å². The van der Waals surface area contributed by atoms with Crippen molar-refractivity contribution in [2.75, 3.05) is 13.2 Å². The van der Waals surface area contributed by atoms with Crippen LogP contribution in [0.25, 0.3) is 11.2 Å². The van der Waals surface area contributed by atoms with Gasteiger partial charge in [-0.1, -0.05) is 0 Å². The Morgan fingerprint density at radius 1 is 1.40 bits per heavy atom. The summed E-state index contributed by atoms with van der Waals surface area (Å²) in [5.41, 5.74) is -2.35. The van der Waals surface area contributed by atoms with Crippen molar-refractivity contribution in [1.82, 2.24) is 18.7 Å². The van der Waals surface area contributed by atoms with E-state index in [9.17, 15) is 29.9 Å². The lowest BCUT2D eigenvalue weighted by atomic mass is 9.90. The molecule has 2 aliphatic heterocycles. The summed E-state index contributed by atoms with van der Waals surface area (Å²) in [6, 6.07) is 0. The molecular formula is C16H21N5O9. The highest BCUT2D eigenvalue weighted by Gasteiger charge is 2.57. The smallest absolute Gasteiger partial charge is 0.332 e. The molecule has 0 spiro atoms. The van der Waals surface area contributed by atoms with Gasteiger partial charge in [-0.2, -0.15) is 0 Å². The molecule has 2 saturated heterocycles. The van der Waals surface area contributed by atoms with Gasteiger partial charge in [-0.05, 0) is 0 Å². The number of nitrogens with zero attached hydrogens (tertiary/aromatic N) is 5. The van der Waals surface area contributed by atoms with Crippen molar-refractivity contribution in [1.29, 1.82) is 0 Å². The predicted octanol–water partition coefficient (Wildman–Crippen LogP) is -2.71.